The fourth-order valence-corrected chi connectivity index (χ4v) is 2.77. The minimum atomic E-state index is -1.03. The molecular weight excluding hydrogens is 270 g/mol. The molecule has 2 N–H and O–H groups in total. The van der Waals surface area contributed by atoms with Crippen LogP contribution >= 0.6 is 0 Å². The third kappa shape index (κ3) is 3.84. The Kier molecular flexibility index (Phi) is 4.79. The second-order valence-corrected chi connectivity index (χ2v) is 6.28. The second kappa shape index (κ2) is 6.57. The van der Waals surface area contributed by atoms with Crippen molar-refractivity contribution in [3.05, 3.63) is 53.6 Å². The summed E-state index contributed by atoms with van der Waals surface area (Å²) in [4.78, 5) is 0.856. The van der Waals surface area contributed by atoms with Gasteiger partial charge < -0.3 is 10.5 Å². The molecule has 3 nitrogen and oxygen atoms in total. The highest BCUT2D eigenvalue weighted by Gasteiger charge is 2.05. The van der Waals surface area contributed by atoms with Crippen LogP contribution in [0.5, 0.6) is 5.75 Å². The highest BCUT2D eigenvalue weighted by atomic mass is 32.2. The van der Waals surface area contributed by atoms with Crippen molar-refractivity contribution in [2.75, 3.05) is 18.1 Å². The third-order valence-electron chi connectivity index (χ3n) is 3.16. The van der Waals surface area contributed by atoms with Crippen LogP contribution in [0.3, 0.4) is 0 Å². The molecule has 0 aliphatic rings. The van der Waals surface area contributed by atoms with Crippen molar-refractivity contribution in [1.82, 2.24) is 0 Å². The van der Waals surface area contributed by atoms with Gasteiger partial charge in [0, 0.05) is 10.6 Å². The number of nitrogens with two attached hydrogens (primary N) is 1. The maximum absolute atomic E-state index is 12.2. The molecule has 0 spiro atoms. The van der Waals surface area contributed by atoms with Crippen LogP contribution in [0.25, 0.3) is 0 Å². The number of ether oxygens (including phenoxy) is 1. The third-order valence-corrected chi connectivity index (χ3v) is 4.48. The molecule has 0 fully saturated rings. The van der Waals surface area contributed by atoms with Crippen molar-refractivity contribution in [2.24, 2.45) is 0 Å². The lowest BCUT2D eigenvalue weighted by Gasteiger charge is -2.08. The highest BCUT2D eigenvalue weighted by molar-refractivity contribution is 7.85. The Balaban J connectivity index is 1.88. The minimum Gasteiger partial charge on any atom is -0.493 e. The zero-order valence-corrected chi connectivity index (χ0v) is 12.6. The van der Waals surface area contributed by atoms with Gasteiger partial charge in [-0.15, -0.1) is 0 Å². The molecule has 0 radical (unpaired) electrons. The van der Waals surface area contributed by atoms with Crippen LogP contribution in [-0.4, -0.2) is 16.6 Å². The van der Waals surface area contributed by atoms with Gasteiger partial charge in [-0.25, -0.2) is 0 Å². The molecule has 2 rings (SSSR count). The molecule has 0 saturated heterocycles. The zero-order chi connectivity index (χ0) is 14.5. The van der Waals surface area contributed by atoms with E-state index in [4.69, 9.17) is 10.5 Å². The quantitative estimate of drug-likeness (QED) is 0.861. The molecule has 0 amide bonds. The summed E-state index contributed by atoms with van der Waals surface area (Å²) < 4.78 is 17.7. The number of hydrogen-bond acceptors (Lipinski definition) is 3. The lowest BCUT2D eigenvalue weighted by molar-refractivity contribution is 0.342. The van der Waals surface area contributed by atoms with E-state index in [2.05, 4.69) is 0 Å². The normalized spacial score (nSPS) is 12.1. The van der Waals surface area contributed by atoms with E-state index < -0.39 is 10.8 Å². The number of nitrogen functional groups attached to an aromatic ring is 1. The summed E-state index contributed by atoms with van der Waals surface area (Å²) in [6.45, 7) is 4.50. The van der Waals surface area contributed by atoms with Gasteiger partial charge in [-0.2, -0.15) is 0 Å². The number of anilines is 1. The Morgan fingerprint density at radius 2 is 1.75 bits per heavy atom. The van der Waals surface area contributed by atoms with Gasteiger partial charge in [-0.05, 0) is 61.4 Å². The van der Waals surface area contributed by atoms with Crippen LogP contribution in [0.15, 0.2) is 47.4 Å². The van der Waals surface area contributed by atoms with Gasteiger partial charge in [0.05, 0.1) is 16.6 Å². The summed E-state index contributed by atoms with van der Waals surface area (Å²) in [5, 5.41) is 0. The average molecular weight is 289 g/mol. The highest BCUT2D eigenvalue weighted by Crippen LogP contribution is 2.15. The van der Waals surface area contributed by atoms with Gasteiger partial charge in [-0.1, -0.05) is 6.07 Å². The topological polar surface area (TPSA) is 52.3 Å². The molecule has 2 aromatic carbocycles. The molecule has 1 unspecified atom stereocenters. The van der Waals surface area contributed by atoms with Crippen molar-refractivity contribution in [3.8, 4) is 5.75 Å². The Hall–Kier alpha value is -1.81. The maximum Gasteiger partial charge on any atom is 0.119 e. The van der Waals surface area contributed by atoms with Crippen LogP contribution in [0.1, 0.15) is 11.1 Å². The maximum atomic E-state index is 12.2. The van der Waals surface area contributed by atoms with Gasteiger partial charge in [0.15, 0.2) is 0 Å². The van der Waals surface area contributed by atoms with Crippen LogP contribution < -0.4 is 10.5 Å². The monoisotopic (exact) mass is 289 g/mol. The lowest BCUT2D eigenvalue weighted by Crippen LogP contribution is -2.09. The summed E-state index contributed by atoms with van der Waals surface area (Å²) in [6.07, 6.45) is 0. The molecule has 0 bridgehead atoms. The first-order valence-corrected chi connectivity index (χ1v) is 7.82. The van der Waals surface area contributed by atoms with Crippen molar-refractivity contribution in [3.63, 3.8) is 0 Å². The molecule has 0 saturated carbocycles. The molecule has 0 aliphatic heterocycles. The van der Waals surface area contributed by atoms with E-state index in [0.29, 0.717) is 18.0 Å². The molecule has 1 atom stereocenters. The van der Waals surface area contributed by atoms with Crippen molar-refractivity contribution < 1.29 is 8.95 Å². The lowest BCUT2D eigenvalue weighted by atomic mass is 10.1. The van der Waals surface area contributed by atoms with E-state index in [9.17, 15) is 4.21 Å². The number of rotatable bonds is 5. The summed E-state index contributed by atoms with van der Waals surface area (Å²) >= 11 is 0. The second-order valence-electron chi connectivity index (χ2n) is 4.71. The SMILES string of the molecule is Cc1ccc(S(=O)CCOc2ccc(N)cc2)cc1C. The van der Waals surface area contributed by atoms with E-state index in [1.54, 1.807) is 12.1 Å². The fraction of sp³-hybridized carbons (Fsp3) is 0.250. The van der Waals surface area contributed by atoms with Crippen molar-refractivity contribution in [2.45, 2.75) is 18.7 Å². The van der Waals surface area contributed by atoms with Crippen LogP contribution in [0, 0.1) is 13.8 Å². The fourth-order valence-electron chi connectivity index (χ4n) is 1.77. The molecular formula is C16H19NO2S. The van der Waals surface area contributed by atoms with E-state index in [0.717, 1.165) is 16.2 Å². The van der Waals surface area contributed by atoms with Crippen molar-refractivity contribution >= 4 is 16.5 Å². The van der Waals surface area contributed by atoms with Crippen LogP contribution in [0.4, 0.5) is 5.69 Å². The van der Waals surface area contributed by atoms with E-state index >= 15 is 0 Å². The van der Waals surface area contributed by atoms with Gasteiger partial charge in [-0.3, -0.25) is 4.21 Å². The van der Waals surface area contributed by atoms with Gasteiger partial charge in [0.2, 0.25) is 0 Å². The first-order chi connectivity index (χ1) is 9.56. The number of hydrogen-bond donors (Lipinski definition) is 1. The Labute approximate surface area is 122 Å². The van der Waals surface area contributed by atoms with E-state index in [1.807, 2.05) is 44.2 Å². The molecule has 0 aliphatic carbocycles. The van der Waals surface area contributed by atoms with E-state index in [1.165, 1.54) is 5.56 Å². The first-order valence-electron chi connectivity index (χ1n) is 6.50. The number of benzene rings is 2. The van der Waals surface area contributed by atoms with E-state index in [-0.39, 0.29) is 0 Å². The summed E-state index contributed by atoms with van der Waals surface area (Å²) in [5.41, 5.74) is 8.68. The molecule has 4 heteroatoms. The smallest absolute Gasteiger partial charge is 0.119 e. The Bertz CT molecular complexity index is 608. The number of aryl methyl sites for hydroxylation is 2. The standard InChI is InChI=1S/C16H19NO2S/c1-12-3-8-16(11-13(12)2)20(18)10-9-19-15-6-4-14(17)5-7-15/h3-8,11H,9-10,17H2,1-2H3. The van der Waals surface area contributed by atoms with Gasteiger partial charge in [0.1, 0.15) is 12.4 Å². The summed E-state index contributed by atoms with van der Waals surface area (Å²) in [7, 11) is -1.03. The van der Waals surface area contributed by atoms with Gasteiger partial charge in [0.25, 0.3) is 0 Å². The van der Waals surface area contributed by atoms with Crippen molar-refractivity contribution in [1.29, 1.82) is 0 Å². The summed E-state index contributed by atoms with van der Waals surface area (Å²) in [5.74, 6) is 1.23. The molecule has 0 aromatic heterocycles. The molecule has 2 aromatic rings. The predicted molar refractivity (Wildman–Crippen MR) is 83.5 cm³/mol. The Morgan fingerprint density at radius 1 is 1.05 bits per heavy atom. The molecule has 0 heterocycles. The Morgan fingerprint density at radius 3 is 2.40 bits per heavy atom. The molecule has 106 valence electrons. The summed E-state index contributed by atoms with van der Waals surface area (Å²) in [6, 6.07) is 13.1. The molecule has 20 heavy (non-hydrogen) atoms. The van der Waals surface area contributed by atoms with Crippen LogP contribution in [0.2, 0.25) is 0 Å². The van der Waals surface area contributed by atoms with Crippen LogP contribution in [-0.2, 0) is 10.8 Å². The largest absolute Gasteiger partial charge is 0.493 e. The first kappa shape index (κ1) is 14.6. The van der Waals surface area contributed by atoms with Gasteiger partial charge >= 0.3 is 0 Å². The minimum absolute atomic E-state index is 0.420. The average Bonchev–Trinajstić information content (AvgIpc) is 2.44. The predicted octanol–water partition coefficient (Wildman–Crippen LogP) is 3.07. The zero-order valence-electron chi connectivity index (χ0n) is 11.8.